The van der Waals surface area contributed by atoms with Gasteiger partial charge in [-0.2, -0.15) is 18.3 Å². The fourth-order valence-electron chi connectivity index (χ4n) is 4.37. The average molecular weight is 476 g/mol. The molecular weight excluding hydrogens is 451 g/mol. The van der Waals surface area contributed by atoms with Crippen LogP contribution in [0.25, 0.3) is 16.9 Å². The van der Waals surface area contributed by atoms with Gasteiger partial charge in [0.25, 0.3) is 5.91 Å². The van der Waals surface area contributed by atoms with Crippen LogP contribution in [-0.4, -0.2) is 33.2 Å². The first-order valence-corrected chi connectivity index (χ1v) is 11.4. The topological polar surface area (TPSA) is 38.1 Å². The lowest BCUT2D eigenvalue weighted by molar-refractivity contribution is -0.141. The Morgan fingerprint density at radius 1 is 1.15 bits per heavy atom. The lowest BCUT2D eigenvalue weighted by Gasteiger charge is -2.26. The van der Waals surface area contributed by atoms with E-state index < -0.39 is 11.9 Å². The van der Waals surface area contributed by atoms with Crippen molar-refractivity contribution in [2.45, 2.75) is 45.3 Å². The SMILES string of the molecule is CC(C)CC1CCCN1C(=O)c1ccc(-c2cc(C(F)(F)F)nn2-c2ccccc2Cl)cc1. The molecule has 0 radical (unpaired) electrons. The van der Waals surface area contributed by atoms with Crippen molar-refractivity contribution >= 4 is 17.5 Å². The number of nitrogens with zero attached hydrogens (tertiary/aromatic N) is 3. The van der Waals surface area contributed by atoms with E-state index in [1.54, 1.807) is 48.5 Å². The number of hydrogen-bond donors (Lipinski definition) is 0. The highest BCUT2D eigenvalue weighted by Crippen LogP contribution is 2.35. The van der Waals surface area contributed by atoms with Crippen molar-refractivity contribution in [3.05, 3.63) is 70.9 Å². The quantitative estimate of drug-likeness (QED) is 0.404. The minimum absolute atomic E-state index is 0.0414. The van der Waals surface area contributed by atoms with Crippen LogP contribution < -0.4 is 0 Å². The standard InChI is InChI=1S/C25H25ClF3N3O/c1-16(2)14-19-6-5-13-31(19)24(33)18-11-9-17(10-12-18)22-15-23(25(27,28)29)30-32(22)21-8-4-3-7-20(21)26/h3-4,7-12,15-16,19H,5-6,13-14H2,1-2H3. The number of hydrogen-bond acceptors (Lipinski definition) is 2. The Hall–Kier alpha value is -2.80. The second-order valence-corrected chi connectivity index (χ2v) is 9.18. The number of alkyl halides is 3. The van der Waals surface area contributed by atoms with Crippen molar-refractivity contribution in [3.63, 3.8) is 0 Å². The molecule has 1 aliphatic heterocycles. The molecule has 1 aromatic heterocycles. The zero-order valence-electron chi connectivity index (χ0n) is 18.4. The average Bonchev–Trinajstić information content (AvgIpc) is 3.40. The molecule has 1 amide bonds. The van der Waals surface area contributed by atoms with Crippen LogP contribution in [0.5, 0.6) is 0 Å². The molecule has 1 saturated heterocycles. The van der Waals surface area contributed by atoms with Crippen molar-refractivity contribution in [2.24, 2.45) is 5.92 Å². The van der Waals surface area contributed by atoms with Crippen molar-refractivity contribution in [3.8, 4) is 16.9 Å². The van der Waals surface area contributed by atoms with Crippen molar-refractivity contribution in [1.29, 1.82) is 0 Å². The minimum atomic E-state index is -4.60. The monoisotopic (exact) mass is 475 g/mol. The van der Waals surface area contributed by atoms with Crippen LogP contribution >= 0.6 is 11.6 Å². The van der Waals surface area contributed by atoms with Gasteiger partial charge in [0.1, 0.15) is 0 Å². The molecule has 3 aromatic rings. The van der Waals surface area contributed by atoms with E-state index in [4.69, 9.17) is 11.6 Å². The van der Waals surface area contributed by atoms with Gasteiger partial charge in [0.05, 0.1) is 16.4 Å². The summed E-state index contributed by atoms with van der Waals surface area (Å²) < 4.78 is 41.5. The number of aromatic nitrogens is 2. The lowest BCUT2D eigenvalue weighted by atomic mass is 10.0. The molecule has 0 bridgehead atoms. The molecule has 1 unspecified atom stereocenters. The molecule has 1 aliphatic rings. The van der Waals surface area contributed by atoms with Crippen molar-refractivity contribution in [1.82, 2.24) is 14.7 Å². The van der Waals surface area contributed by atoms with Crippen LogP contribution in [0.1, 0.15) is 49.2 Å². The largest absolute Gasteiger partial charge is 0.435 e. The van der Waals surface area contributed by atoms with E-state index in [0.29, 0.717) is 22.7 Å². The first-order chi connectivity index (χ1) is 15.6. The number of rotatable bonds is 5. The van der Waals surface area contributed by atoms with Gasteiger partial charge in [0.2, 0.25) is 0 Å². The second-order valence-electron chi connectivity index (χ2n) is 8.78. The number of likely N-dealkylation sites (tertiary alicyclic amines) is 1. The molecule has 1 atom stereocenters. The van der Waals surface area contributed by atoms with Crippen LogP contribution in [0.3, 0.4) is 0 Å². The van der Waals surface area contributed by atoms with Crippen LogP contribution in [-0.2, 0) is 6.18 Å². The van der Waals surface area contributed by atoms with Gasteiger partial charge in [-0.05, 0) is 55.5 Å². The fourth-order valence-corrected chi connectivity index (χ4v) is 4.59. The third-order valence-corrected chi connectivity index (χ3v) is 6.21. The Labute approximate surface area is 196 Å². The van der Waals surface area contributed by atoms with E-state index in [0.717, 1.165) is 31.9 Å². The van der Waals surface area contributed by atoms with Gasteiger partial charge in [0.15, 0.2) is 5.69 Å². The number of carbonyl (C=O) groups is 1. The highest BCUT2D eigenvalue weighted by molar-refractivity contribution is 6.32. The molecule has 1 fully saturated rings. The predicted octanol–water partition coefficient (Wildman–Crippen LogP) is 6.86. The fraction of sp³-hybridized carbons (Fsp3) is 0.360. The lowest BCUT2D eigenvalue weighted by Crippen LogP contribution is -2.36. The Kier molecular flexibility index (Phi) is 6.52. The summed E-state index contributed by atoms with van der Waals surface area (Å²) in [4.78, 5) is 15.0. The number of benzene rings is 2. The molecule has 8 heteroatoms. The molecule has 0 N–H and O–H groups in total. The van der Waals surface area contributed by atoms with Gasteiger partial charge < -0.3 is 4.90 Å². The smallest absolute Gasteiger partial charge is 0.336 e. The molecule has 0 aliphatic carbocycles. The van der Waals surface area contributed by atoms with E-state index in [1.807, 2.05) is 4.90 Å². The molecule has 2 heterocycles. The Morgan fingerprint density at radius 2 is 1.85 bits per heavy atom. The second kappa shape index (κ2) is 9.21. The van der Waals surface area contributed by atoms with Gasteiger partial charge >= 0.3 is 6.18 Å². The van der Waals surface area contributed by atoms with Gasteiger partial charge in [-0.15, -0.1) is 0 Å². The molecule has 4 rings (SSSR count). The summed E-state index contributed by atoms with van der Waals surface area (Å²) in [7, 11) is 0. The van der Waals surface area contributed by atoms with Gasteiger partial charge in [0, 0.05) is 23.7 Å². The maximum absolute atomic E-state index is 13.4. The highest BCUT2D eigenvalue weighted by Gasteiger charge is 2.35. The summed E-state index contributed by atoms with van der Waals surface area (Å²) in [5, 5.41) is 4.06. The summed E-state index contributed by atoms with van der Waals surface area (Å²) in [6, 6.07) is 14.5. The molecule has 4 nitrogen and oxygen atoms in total. The summed E-state index contributed by atoms with van der Waals surface area (Å²) >= 11 is 6.24. The van der Waals surface area contributed by atoms with Crippen LogP contribution in [0.15, 0.2) is 54.6 Å². The number of para-hydroxylation sites is 1. The summed E-state index contributed by atoms with van der Waals surface area (Å²) in [5.41, 5.74) is 0.613. The molecular formula is C25H25ClF3N3O. The molecule has 174 valence electrons. The highest BCUT2D eigenvalue weighted by atomic mass is 35.5. The molecule has 0 spiro atoms. The molecule has 2 aromatic carbocycles. The van der Waals surface area contributed by atoms with E-state index in [2.05, 4.69) is 18.9 Å². The zero-order chi connectivity index (χ0) is 23.8. The molecule has 33 heavy (non-hydrogen) atoms. The van der Waals surface area contributed by atoms with Gasteiger partial charge in [-0.25, -0.2) is 4.68 Å². The number of amides is 1. The Bertz CT molecular complexity index is 1140. The third kappa shape index (κ3) is 4.93. The van der Waals surface area contributed by atoms with E-state index >= 15 is 0 Å². The first kappa shape index (κ1) is 23.4. The summed E-state index contributed by atoms with van der Waals surface area (Å²) in [5.74, 6) is 0.457. The minimum Gasteiger partial charge on any atom is -0.336 e. The summed E-state index contributed by atoms with van der Waals surface area (Å²) in [6.07, 6.45) is -1.66. The zero-order valence-corrected chi connectivity index (χ0v) is 19.2. The van der Waals surface area contributed by atoms with Gasteiger partial charge in [-0.1, -0.05) is 49.7 Å². The van der Waals surface area contributed by atoms with Gasteiger partial charge in [-0.3, -0.25) is 4.79 Å². The normalized spacial score (nSPS) is 16.6. The Balaban J connectivity index is 1.67. The van der Waals surface area contributed by atoms with E-state index in [9.17, 15) is 18.0 Å². The maximum atomic E-state index is 13.4. The van der Waals surface area contributed by atoms with Crippen LogP contribution in [0.4, 0.5) is 13.2 Å². The first-order valence-electron chi connectivity index (χ1n) is 11.0. The summed E-state index contributed by atoms with van der Waals surface area (Å²) in [6.45, 7) is 5.02. The van der Waals surface area contributed by atoms with Crippen molar-refractivity contribution in [2.75, 3.05) is 6.54 Å². The Morgan fingerprint density at radius 3 is 2.48 bits per heavy atom. The van der Waals surface area contributed by atoms with E-state index in [1.165, 1.54) is 4.68 Å². The van der Waals surface area contributed by atoms with Crippen LogP contribution in [0.2, 0.25) is 5.02 Å². The van der Waals surface area contributed by atoms with E-state index in [-0.39, 0.29) is 22.7 Å². The maximum Gasteiger partial charge on any atom is 0.435 e. The number of halogens is 4. The molecule has 0 saturated carbocycles. The number of carbonyl (C=O) groups excluding carboxylic acids is 1. The predicted molar refractivity (Wildman–Crippen MR) is 123 cm³/mol. The third-order valence-electron chi connectivity index (χ3n) is 5.89. The van der Waals surface area contributed by atoms with Crippen LogP contribution in [0, 0.1) is 5.92 Å². The van der Waals surface area contributed by atoms with Crippen molar-refractivity contribution < 1.29 is 18.0 Å².